The van der Waals surface area contributed by atoms with Crippen molar-refractivity contribution in [2.24, 2.45) is 0 Å². The van der Waals surface area contributed by atoms with Crippen LogP contribution in [0.4, 0.5) is 5.69 Å². The summed E-state index contributed by atoms with van der Waals surface area (Å²) in [5.41, 5.74) is 1.67. The van der Waals surface area contributed by atoms with Gasteiger partial charge in [-0.25, -0.2) is 0 Å². The van der Waals surface area contributed by atoms with E-state index in [0.29, 0.717) is 50.7 Å². The normalized spacial score (nSPS) is 17.5. The minimum absolute atomic E-state index is 0.135. The molecule has 1 N–H and O–H groups in total. The molecule has 1 aromatic rings. The lowest BCUT2D eigenvalue weighted by atomic mass is 10.2. The Labute approximate surface area is 168 Å². The Morgan fingerprint density at radius 2 is 1.82 bits per heavy atom. The van der Waals surface area contributed by atoms with Gasteiger partial charge in [-0.3, -0.25) is 9.69 Å². The van der Waals surface area contributed by atoms with Crippen LogP contribution in [0.15, 0.2) is 18.2 Å². The molecule has 0 bridgehead atoms. The summed E-state index contributed by atoms with van der Waals surface area (Å²) >= 11 is 0. The molecule has 8 nitrogen and oxygen atoms in total. The summed E-state index contributed by atoms with van der Waals surface area (Å²) in [4.78, 5) is 14.7. The number of anilines is 1. The summed E-state index contributed by atoms with van der Waals surface area (Å²) in [5, 5.41) is 2.93. The average molecular weight is 413 g/mol. The molecule has 1 amide bonds. The highest BCUT2D eigenvalue weighted by molar-refractivity contribution is 7.86. The van der Waals surface area contributed by atoms with E-state index in [1.807, 2.05) is 50.8 Å². The molecular formula is C19H32N4O4S. The fraction of sp³-hybridized carbons (Fsp3) is 0.632. The molecule has 0 aromatic heterocycles. The number of rotatable bonds is 8. The van der Waals surface area contributed by atoms with Gasteiger partial charge in [0.05, 0.1) is 18.8 Å². The van der Waals surface area contributed by atoms with Crippen molar-refractivity contribution < 1.29 is 17.9 Å². The first-order chi connectivity index (χ1) is 13.2. The highest BCUT2D eigenvalue weighted by atomic mass is 32.2. The van der Waals surface area contributed by atoms with Gasteiger partial charge in [0.15, 0.2) is 0 Å². The lowest BCUT2D eigenvalue weighted by molar-refractivity contribution is -0.121. The summed E-state index contributed by atoms with van der Waals surface area (Å²) in [7, 11) is -1.86. The van der Waals surface area contributed by atoms with Gasteiger partial charge >= 0.3 is 0 Å². The van der Waals surface area contributed by atoms with E-state index in [4.69, 9.17) is 4.74 Å². The zero-order valence-electron chi connectivity index (χ0n) is 17.4. The molecule has 0 saturated carbocycles. The predicted octanol–water partition coefficient (Wildman–Crippen LogP) is 1.53. The van der Waals surface area contributed by atoms with Crippen LogP contribution < -0.4 is 10.1 Å². The van der Waals surface area contributed by atoms with Crippen LogP contribution in [0, 0.1) is 6.92 Å². The monoisotopic (exact) mass is 412 g/mol. The molecule has 9 heteroatoms. The maximum atomic E-state index is 12.7. The van der Waals surface area contributed by atoms with Crippen LogP contribution >= 0.6 is 0 Å². The molecule has 1 unspecified atom stereocenters. The van der Waals surface area contributed by atoms with Crippen molar-refractivity contribution in [3.8, 4) is 5.75 Å². The third-order valence-electron chi connectivity index (χ3n) is 5.17. The van der Waals surface area contributed by atoms with Crippen LogP contribution in [-0.4, -0.2) is 80.3 Å². The second kappa shape index (κ2) is 9.69. The van der Waals surface area contributed by atoms with Gasteiger partial charge in [0.25, 0.3) is 10.2 Å². The Balaban J connectivity index is 1.99. The summed E-state index contributed by atoms with van der Waals surface area (Å²) < 4.78 is 33.6. The van der Waals surface area contributed by atoms with Crippen LogP contribution in [-0.2, 0) is 15.0 Å². The zero-order chi connectivity index (χ0) is 20.9. The minimum Gasteiger partial charge on any atom is -0.495 e. The number of amides is 1. The summed E-state index contributed by atoms with van der Waals surface area (Å²) in [6.07, 6.45) is 0. The number of aryl methyl sites for hydroxylation is 1. The number of hydrogen-bond donors (Lipinski definition) is 1. The van der Waals surface area contributed by atoms with Gasteiger partial charge in [0.1, 0.15) is 5.75 Å². The Bertz CT molecular complexity index is 772. The lowest BCUT2D eigenvalue weighted by Gasteiger charge is -2.38. The summed E-state index contributed by atoms with van der Waals surface area (Å²) in [6.45, 7) is 10.2. The van der Waals surface area contributed by atoms with Gasteiger partial charge in [0, 0.05) is 39.3 Å². The number of carbonyl (C=O) groups is 1. The maximum Gasteiger partial charge on any atom is 0.282 e. The first kappa shape index (κ1) is 22.6. The molecule has 1 atom stereocenters. The molecule has 28 heavy (non-hydrogen) atoms. The number of hydrogen-bond acceptors (Lipinski definition) is 5. The summed E-state index contributed by atoms with van der Waals surface area (Å²) in [6, 6.07) is 5.25. The van der Waals surface area contributed by atoms with Crippen molar-refractivity contribution in [3.63, 3.8) is 0 Å². The lowest BCUT2D eigenvalue weighted by Crippen LogP contribution is -2.56. The molecule has 1 fully saturated rings. The number of carbonyl (C=O) groups excluding carboxylic acids is 1. The van der Waals surface area contributed by atoms with Gasteiger partial charge in [-0.05, 0) is 31.5 Å². The van der Waals surface area contributed by atoms with Gasteiger partial charge in [-0.2, -0.15) is 17.0 Å². The number of nitrogens with one attached hydrogen (secondary N) is 1. The van der Waals surface area contributed by atoms with E-state index in [-0.39, 0.29) is 11.9 Å². The van der Waals surface area contributed by atoms with Gasteiger partial charge in [-0.15, -0.1) is 0 Å². The number of methoxy groups -OCH3 is 1. The minimum atomic E-state index is -3.43. The SMILES string of the molecule is CCN(CC)S(=O)(=O)N1CCN(C(C)C(=O)Nc2cc(C)ccc2OC)CC1. The van der Waals surface area contributed by atoms with Crippen molar-refractivity contribution in [3.05, 3.63) is 23.8 Å². The van der Waals surface area contributed by atoms with Crippen LogP contribution in [0.5, 0.6) is 5.75 Å². The second-order valence-corrected chi connectivity index (χ2v) is 8.82. The standard InChI is InChI=1S/C19H32N4O4S/c1-6-22(7-2)28(25,26)23-12-10-21(11-13-23)16(4)19(24)20-17-14-15(3)8-9-18(17)27-5/h8-9,14,16H,6-7,10-13H2,1-5H3,(H,20,24). The zero-order valence-corrected chi connectivity index (χ0v) is 18.3. The van der Waals surface area contributed by atoms with Crippen molar-refractivity contribution in [1.29, 1.82) is 0 Å². The fourth-order valence-electron chi connectivity index (χ4n) is 3.36. The molecule has 1 saturated heterocycles. The molecule has 1 aliphatic heterocycles. The van der Waals surface area contributed by atoms with E-state index < -0.39 is 10.2 Å². The quantitative estimate of drug-likeness (QED) is 0.700. The topological polar surface area (TPSA) is 82.2 Å². The largest absolute Gasteiger partial charge is 0.495 e. The van der Waals surface area contributed by atoms with Crippen molar-refractivity contribution in [2.75, 3.05) is 51.7 Å². The number of ether oxygens (including phenoxy) is 1. The first-order valence-corrected chi connectivity index (χ1v) is 11.1. The smallest absolute Gasteiger partial charge is 0.282 e. The van der Waals surface area contributed by atoms with Crippen LogP contribution in [0.1, 0.15) is 26.3 Å². The Hall–Kier alpha value is -1.68. The van der Waals surface area contributed by atoms with Gasteiger partial charge < -0.3 is 10.1 Å². The van der Waals surface area contributed by atoms with E-state index in [1.165, 1.54) is 8.61 Å². The number of benzene rings is 1. The third-order valence-corrected chi connectivity index (χ3v) is 7.36. The molecule has 1 aliphatic rings. The van der Waals surface area contributed by atoms with Crippen LogP contribution in [0.2, 0.25) is 0 Å². The Morgan fingerprint density at radius 3 is 2.36 bits per heavy atom. The fourth-order valence-corrected chi connectivity index (χ4v) is 4.96. The van der Waals surface area contributed by atoms with Gasteiger partial charge in [-0.1, -0.05) is 19.9 Å². The van der Waals surface area contributed by atoms with E-state index in [0.717, 1.165) is 5.56 Å². The number of piperazine rings is 1. The highest BCUT2D eigenvalue weighted by Crippen LogP contribution is 2.25. The van der Waals surface area contributed by atoms with Crippen LogP contribution in [0.25, 0.3) is 0 Å². The average Bonchev–Trinajstić information content (AvgIpc) is 2.68. The molecule has 1 aromatic carbocycles. The molecule has 0 spiro atoms. The third kappa shape index (κ3) is 5.02. The van der Waals surface area contributed by atoms with Gasteiger partial charge in [0.2, 0.25) is 5.91 Å². The van der Waals surface area contributed by atoms with E-state index in [9.17, 15) is 13.2 Å². The van der Waals surface area contributed by atoms with E-state index >= 15 is 0 Å². The first-order valence-electron chi connectivity index (χ1n) is 9.69. The van der Waals surface area contributed by atoms with E-state index in [2.05, 4.69) is 5.32 Å². The number of nitrogens with zero attached hydrogens (tertiary/aromatic N) is 3. The molecule has 2 rings (SSSR count). The molecule has 0 radical (unpaired) electrons. The summed E-state index contributed by atoms with van der Waals surface area (Å²) in [5.74, 6) is 0.477. The van der Waals surface area contributed by atoms with Crippen molar-refractivity contribution >= 4 is 21.8 Å². The molecular weight excluding hydrogens is 380 g/mol. The Morgan fingerprint density at radius 1 is 1.21 bits per heavy atom. The van der Waals surface area contributed by atoms with E-state index in [1.54, 1.807) is 7.11 Å². The highest BCUT2D eigenvalue weighted by Gasteiger charge is 2.33. The second-order valence-electron chi connectivity index (χ2n) is 6.90. The molecule has 0 aliphatic carbocycles. The Kier molecular flexibility index (Phi) is 7.82. The molecule has 158 valence electrons. The predicted molar refractivity (Wildman–Crippen MR) is 111 cm³/mol. The van der Waals surface area contributed by atoms with Crippen LogP contribution in [0.3, 0.4) is 0 Å². The molecule has 1 heterocycles. The maximum absolute atomic E-state index is 12.7. The van der Waals surface area contributed by atoms with Crippen molar-refractivity contribution in [2.45, 2.75) is 33.7 Å². The van der Waals surface area contributed by atoms with Crippen molar-refractivity contribution in [1.82, 2.24) is 13.5 Å².